The number of hydrogen-bond donors (Lipinski definition) is 1. The second kappa shape index (κ2) is 9.15. The number of nitrogens with one attached hydrogen (secondary N) is 1. The molecular weight excluding hydrogens is 412 g/mol. The van der Waals surface area contributed by atoms with Gasteiger partial charge in [-0.05, 0) is 61.7 Å². The first-order valence-corrected chi connectivity index (χ1v) is 11.3. The molecular formula is C21H25ClN2O4S. The van der Waals surface area contributed by atoms with Crippen LogP contribution in [-0.2, 0) is 14.8 Å². The number of benzene rings is 2. The van der Waals surface area contributed by atoms with Crippen LogP contribution >= 0.6 is 11.6 Å². The molecule has 0 bridgehead atoms. The summed E-state index contributed by atoms with van der Waals surface area (Å²) in [6.07, 6.45) is 1.30. The third kappa shape index (κ3) is 5.10. The van der Waals surface area contributed by atoms with Crippen molar-refractivity contribution in [1.82, 2.24) is 9.62 Å². The van der Waals surface area contributed by atoms with Gasteiger partial charge in [0.15, 0.2) is 0 Å². The van der Waals surface area contributed by atoms with E-state index in [1.165, 1.54) is 23.5 Å². The lowest BCUT2D eigenvalue weighted by molar-refractivity contribution is -0.126. The van der Waals surface area contributed by atoms with Crippen molar-refractivity contribution in [1.29, 1.82) is 0 Å². The average molecular weight is 437 g/mol. The van der Waals surface area contributed by atoms with Gasteiger partial charge in [-0.15, -0.1) is 0 Å². The topological polar surface area (TPSA) is 75.7 Å². The van der Waals surface area contributed by atoms with Crippen molar-refractivity contribution in [2.75, 3.05) is 20.2 Å². The van der Waals surface area contributed by atoms with E-state index in [9.17, 15) is 13.2 Å². The molecule has 1 saturated heterocycles. The Kier molecular flexibility index (Phi) is 6.82. The molecule has 1 fully saturated rings. The first-order chi connectivity index (χ1) is 13.8. The van der Waals surface area contributed by atoms with Crippen LogP contribution in [0.15, 0.2) is 53.4 Å². The molecule has 2 aromatic rings. The maximum absolute atomic E-state index is 13.0. The average Bonchev–Trinajstić information content (AvgIpc) is 2.74. The molecule has 2 aromatic carbocycles. The van der Waals surface area contributed by atoms with Crippen molar-refractivity contribution >= 4 is 27.5 Å². The number of nitrogens with zero attached hydrogens (tertiary/aromatic N) is 1. The molecule has 0 aromatic heterocycles. The highest BCUT2D eigenvalue weighted by molar-refractivity contribution is 7.89. The fourth-order valence-electron chi connectivity index (χ4n) is 3.44. The quantitative estimate of drug-likeness (QED) is 0.750. The highest BCUT2D eigenvalue weighted by Crippen LogP contribution is 2.26. The highest BCUT2D eigenvalue weighted by atomic mass is 35.5. The molecule has 2 atom stereocenters. The van der Waals surface area contributed by atoms with E-state index in [1.807, 2.05) is 19.1 Å². The second-order valence-electron chi connectivity index (χ2n) is 7.16. The number of piperidine rings is 1. The summed E-state index contributed by atoms with van der Waals surface area (Å²) >= 11 is 5.91. The smallest absolute Gasteiger partial charge is 0.243 e. The lowest BCUT2D eigenvalue weighted by Crippen LogP contribution is -2.45. The summed E-state index contributed by atoms with van der Waals surface area (Å²) < 4.78 is 32.4. The van der Waals surface area contributed by atoms with Gasteiger partial charge in [-0.2, -0.15) is 4.31 Å². The van der Waals surface area contributed by atoms with Gasteiger partial charge in [0.25, 0.3) is 0 Å². The Hall–Kier alpha value is -2.09. The van der Waals surface area contributed by atoms with Crippen LogP contribution in [-0.4, -0.2) is 38.8 Å². The van der Waals surface area contributed by atoms with E-state index in [4.69, 9.17) is 16.3 Å². The molecule has 0 spiro atoms. The summed E-state index contributed by atoms with van der Waals surface area (Å²) in [6, 6.07) is 13.4. The van der Waals surface area contributed by atoms with Crippen molar-refractivity contribution in [3.05, 3.63) is 59.1 Å². The van der Waals surface area contributed by atoms with Crippen molar-refractivity contribution < 1.29 is 17.9 Å². The Bertz CT molecular complexity index is 946. The van der Waals surface area contributed by atoms with Crippen molar-refractivity contribution in [3.8, 4) is 5.75 Å². The van der Waals surface area contributed by atoms with Crippen LogP contribution in [0.4, 0.5) is 0 Å². The van der Waals surface area contributed by atoms with Gasteiger partial charge < -0.3 is 10.1 Å². The number of amides is 1. The molecule has 0 radical (unpaired) electrons. The van der Waals surface area contributed by atoms with E-state index in [1.54, 1.807) is 24.3 Å². The predicted octanol–water partition coefficient (Wildman–Crippen LogP) is 3.63. The summed E-state index contributed by atoms with van der Waals surface area (Å²) in [5.41, 5.74) is 0.946. The molecule has 1 aliphatic heterocycles. The summed E-state index contributed by atoms with van der Waals surface area (Å²) in [4.78, 5) is 13.0. The van der Waals surface area contributed by atoms with Gasteiger partial charge in [-0.25, -0.2) is 8.42 Å². The maximum atomic E-state index is 13.0. The Morgan fingerprint density at radius 1 is 1.17 bits per heavy atom. The van der Waals surface area contributed by atoms with E-state index >= 15 is 0 Å². The number of rotatable bonds is 6. The van der Waals surface area contributed by atoms with Crippen LogP contribution in [0.2, 0.25) is 5.02 Å². The summed E-state index contributed by atoms with van der Waals surface area (Å²) in [6.45, 7) is 2.48. The van der Waals surface area contributed by atoms with E-state index in [2.05, 4.69) is 5.32 Å². The lowest BCUT2D eigenvalue weighted by Gasteiger charge is -2.32. The summed E-state index contributed by atoms with van der Waals surface area (Å²) in [7, 11) is -2.13. The molecule has 1 aliphatic rings. The zero-order valence-electron chi connectivity index (χ0n) is 16.5. The normalized spacial score (nSPS) is 18.8. The van der Waals surface area contributed by atoms with Crippen LogP contribution in [0.3, 0.4) is 0 Å². The standard InChI is InChI=1S/C21H25ClN2O4S/c1-15(16-5-7-18(22)8-6-16)23-21(25)17-4-3-13-24(14-17)29(26,27)20-11-9-19(28-2)10-12-20/h5-12,15,17H,3-4,13-14H2,1-2H3,(H,23,25). The predicted molar refractivity (Wildman–Crippen MR) is 112 cm³/mol. The van der Waals surface area contributed by atoms with E-state index < -0.39 is 10.0 Å². The van der Waals surface area contributed by atoms with Crippen LogP contribution in [0, 0.1) is 5.92 Å². The number of sulfonamides is 1. The molecule has 2 unspecified atom stereocenters. The Morgan fingerprint density at radius 3 is 2.45 bits per heavy atom. The number of hydrogen-bond acceptors (Lipinski definition) is 4. The molecule has 3 rings (SSSR count). The zero-order valence-corrected chi connectivity index (χ0v) is 18.0. The second-order valence-corrected chi connectivity index (χ2v) is 9.53. The highest BCUT2D eigenvalue weighted by Gasteiger charge is 2.33. The van der Waals surface area contributed by atoms with Crippen LogP contribution in [0.25, 0.3) is 0 Å². The largest absolute Gasteiger partial charge is 0.497 e. The molecule has 0 aliphatic carbocycles. The third-order valence-electron chi connectivity index (χ3n) is 5.18. The van der Waals surface area contributed by atoms with Gasteiger partial charge in [0.05, 0.1) is 24.0 Å². The SMILES string of the molecule is COc1ccc(S(=O)(=O)N2CCCC(C(=O)NC(C)c3ccc(Cl)cc3)C2)cc1. The van der Waals surface area contributed by atoms with Crippen molar-refractivity contribution in [2.45, 2.75) is 30.7 Å². The number of halogens is 1. The van der Waals surface area contributed by atoms with Crippen molar-refractivity contribution in [2.24, 2.45) is 5.92 Å². The first kappa shape index (κ1) is 21.6. The summed E-state index contributed by atoms with van der Waals surface area (Å²) in [5, 5.41) is 3.63. The molecule has 156 valence electrons. The Balaban J connectivity index is 1.67. The van der Waals surface area contributed by atoms with Crippen LogP contribution < -0.4 is 10.1 Å². The van der Waals surface area contributed by atoms with E-state index in [0.29, 0.717) is 30.2 Å². The van der Waals surface area contributed by atoms with Gasteiger partial charge in [0.1, 0.15) is 5.75 Å². The molecule has 1 amide bonds. The van der Waals surface area contributed by atoms with Gasteiger partial charge in [-0.1, -0.05) is 23.7 Å². The molecule has 0 saturated carbocycles. The van der Waals surface area contributed by atoms with Gasteiger partial charge in [0, 0.05) is 18.1 Å². The molecule has 6 nitrogen and oxygen atoms in total. The first-order valence-electron chi connectivity index (χ1n) is 9.51. The fraction of sp³-hybridized carbons (Fsp3) is 0.381. The van der Waals surface area contributed by atoms with E-state index in [0.717, 1.165) is 5.56 Å². The van der Waals surface area contributed by atoms with Crippen molar-refractivity contribution in [3.63, 3.8) is 0 Å². The minimum Gasteiger partial charge on any atom is -0.497 e. The molecule has 1 heterocycles. The van der Waals surface area contributed by atoms with Gasteiger partial charge in [-0.3, -0.25) is 4.79 Å². The molecule has 1 N–H and O–H groups in total. The van der Waals surface area contributed by atoms with Gasteiger partial charge >= 0.3 is 0 Å². The minimum absolute atomic E-state index is 0.137. The van der Waals surface area contributed by atoms with Crippen LogP contribution in [0.5, 0.6) is 5.75 Å². The minimum atomic E-state index is -3.66. The Morgan fingerprint density at radius 2 is 1.83 bits per heavy atom. The van der Waals surface area contributed by atoms with Gasteiger partial charge in [0.2, 0.25) is 15.9 Å². The van der Waals surface area contributed by atoms with Crippen LogP contribution in [0.1, 0.15) is 31.4 Å². The number of carbonyl (C=O) groups excluding carboxylic acids is 1. The monoisotopic (exact) mass is 436 g/mol. The lowest BCUT2D eigenvalue weighted by atomic mass is 9.98. The third-order valence-corrected chi connectivity index (χ3v) is 7.31. The number of methoxy groups -OCH3 is 1. The number of ether oxygens (including phenoxy) is 1. The number of carbonyl (C=O) groups is 1. The molecule has 29 heavy (non-hydrogen) atoms. The Labute approximate surface area is 176 Å². The maximum Gasteiger partial charge on any atom is 0.243 e. The fourth-order valence-corrected chi connectivity index (χ4v) is 5.09. The molecule has 8 heteroatoms. The zero-order chi connectivity index (χ0) is 21.0. The van der Waals surface area contributed by atoms with E-state index in [-0.39, 0.29) is 29.3 Å². The summed E-state index contributed by atoms with van der Waals surface area (Å²) in [5.74, 6) is 0.0737.